The lowest BCUT2D eigenvalue weighted by atomic mass is 9.95. The molecule has 0 saturated carbocycles. The average molecular weight is 344 g/mol. The van der Waals surface area contributed by atoms with Gasteiger partial charge in [-0.05, 0) is 51.7 Å². The number of urea groups is 1. The van der Waals surface area contributed by atoms with Gasteiger partial charge in [0.2, 0.25) is 0 Å². The molecule has 0 radical (unpaired) electrons. The lowest BCUT2D eigenvalue weighted by Gasteiger charge is -2.33. The maximum absolute atomic E-state index is 12.7. The molecule has 2 atom stereocenters. The Hall–Kier alpha value is -2.31. The first kappa shape index (κ1) is 17.5. The lowest BCUT2D eigenvalue weighted by molar-refractivity contribution is 0.176. The first-order chi connectivity index (χ1) is 12.0. The molecule has 2 amide bonds. The van der Waals surface area contributed by atoms with E-state index in [1.807, 2.05) is 29.6 Å². The van der Waals surface area contributed by atoms with E-state index in [1.165, 1.54) is 5.56 Å². The molecule has 2 N–H and O–H groups in total. The fourth-order valence-electron chi connectivity index (χ4n) is 3.68. The van der Waals surface area contributed by atoms with Crippen molar-refractivity contribution in [3.05, 3.63) is 34.9 Å². The number of piperidine rings is 1. The van der Waals surface area contributed by atoms with Crippen LogP contribution in [-0.4, -0.2) is 50.0 Å². The number of H-pyrrole nitrogens is 1. The minimum absolute atomic E-state index is 0.0240. The molecule has 1 aliphatic rings. The van der Waals surface area contributed by atoms with Gasteiger partial charge in [-0.1, -0.05) is 0 Å². The second-order valence-electron chi connectivity index (χ2n) is 7.12. The first-order valence-electron chi connectivity index (χ1n) is 8.99. The number of hydrogen-bond acceptors (Lipinski definition) is 3. The number of aryl methyl sites for hydroxylation is 2. The molecular formula is C18H28N6O. The summed E-state index contributed by atoms with van der Waals surface area (Å²) < 4.78 is 1.90. The standard InChI is InChI=1S/C18H28N6O/c1-12(10-16-13(2)22-23(4)14(16)3)20-18(25)24-9-5-6-15(11-24)17-7-8-19-21-17/h7-8,12,15H,5-6,9-11H2,1-4H3,(H,19,21)(H,20,25)/t12-,15-/m1/s1. The number of aromatic amines is 1. The molecule has 1 saturated heterocycles. The third-order valence-corrected chi connectivity index (χ3v) is 5.21. The third kappa shape index (κ3) is 3.86. The number of aromatic nitrogens is 4. The van der Waals surface area contributed by atoms with Gasteiger partial charge in [-0.3, -0.25) is 9.78 Å². The van der Waals surface area contributed by atoms with Gasteiger partial charge in [-0.2, -0.15) is 10.2 Å². The number of amides is 2. The van der Waals surface area contributed by atoms with E-state index in [0.717, 1.165) is 49.4 Å². The van der Waals surface area contributed by atoms with Gasteiger partial charge in [0.15, 0.2) is 0 Å². The van der Waals surface area contributed by atoms with E-state index in [9.17, 15) is 4.79 Å². The van der Waals surface area contributed by atoms with Crippen LogP contribution in [0.2, 0.25) is 0 Å². The molecule has 136 valence electrons. The highest BCUT2D eigenvalue weighted by molar-refractivity contribution is 5.74. The number of rotatable bonds is 4. The summed E-state index contributed by atoms with van der Waals surface area (Å²) in [5, 5.41) is 14.7. The number of carbonyl (C=O) groups is 1. The van der Waals surface area contributed by atoms with Gasteiger partial charge in [0.1, 0.15) is 0 Å². The number of nitrogens with zero attached hydrogens (tertiary/aromatic N) is 4. The highest BCUT2D eigenvalue weighted by atomic mass is 16.2. The largest absolute Gasteiger partial charge is 0.335 e. The van der Waals surface area contributed by atoms with Crippen LogP contribution in [0.1, 0.15) is 48.3 Å². The molecule has 2 aromatic heterocycles. The van der Waals surface area contributed by atoms with E-state index >= 15 is 0 Å². The van der Waals surface area contributed by atoms with Gasteiger partial charge in [-0.25, -0.2) is 4.79 Å². The van der Waals surface area contributed by atoms with Gasteiger partial charge in [0, 0.05) is 49.7 Å². The summed E-state index contributed by atoms with van der Waals surface area (Å²) in [6.07, 6.45) is 4.69. The molecule has 3 heterocycles. The smallest absolute Gasteiger partial charge is 0.317 e. The summed E-state index contributed by atoms with van der Waals surface area (Å²) in [6.45, 7) is 7.71. The second kappa shape index (κ2) is 7.29. The fraction of sp³-hybridized carbons (Fsp3) is 0.611. The molecule has 7 nitrogen and oxygen atoms in total. The monoisotopic (exact) mass is 344 g/mol. The van der Waals surface area contributed by atoms with Crippen molar-refractivity contribution in [3.63, 3.8) is 0 Å². The van der Waals surface area contributed by atoms with E-state index in [4.69, 9.17) is 0 Å². The van der Waals surface area contributed by atoms with Crippen LogP contribution < -0.4 is 5.32 Å². The van der Waals surface area contributed by atoms with E-state index < -0.39 is 0 Å². The Morgan fingerprint density at radius 2 is 2.28 bits per heavy atom. The highest BCUT2D eigenvalue weighted by Gasteiger charge is 2.26. The molecule has 25 heavy (non-hydrogen) atoms. The first-order valence-corrected chi connectivity index (χ1v) is 8.99. The average Bonchev–Trinajstić information content (AvgIpc) is 3.20. The van der Waals surface area contributed by atoms with Crippen LogP contribution in [0, 0.1) is 13.8 Å². The van der Waals surface area contributed by atoms with Crippen molar-refractivity contribution in [2.75, 3.05) is 13.1 Å². The Balaban J connectivity index is 1.57. The molecule has 0 aliphatic carbocycles. The van der Waals surface area contributed by atoms with Crippen LogP contribution in [0.4, 0.5) is 4.79 Å². The van der Waals surface area contributed by atoms with Gasteiger partial charge >= 0.3 is 6.03 Å². The summed E-state index contributed by atoms with van der Waals surface area (Å²) in [7, 11) is 1.96. The molecule has 0 aromatic carbocycles. The lowest BCUT2D eigenvalue weighted by Crippen LogP contribution is -2.48. The van der Waals surface area contributed by atoms with E-state index in [2.05, 4.69) is 34.5 Å². The van der Waals surface area contributed by atoms with Crippen LogP contribution >= 0.6 is 0 Å². The van der Waals surface area contributed by atoms with Gasteiger partial charge in [0.05, 0.1) is 5.69 Å². The van der Waals surface area contributed by atoms with Crippen LogP contribution in [0.5, 0.6) is 0 Å². The minimum Gasteiger partial charge on any atom is -0.335 e. The molecule has 0 unspecified atom stereocenters. The zero-order chi connectivity index (χ0) is 18.0. The van der Waals surface area contributed by atoms with E-state index in [0.29, 0.717) is 5.92 Å². The zero-order valence-corrected chi connectivity index (χ0v) is 15.5. The predicted octanol–water partition coefficient (Wildman–Crippen LogP) is 2.28. The molecule has 1 fully saturated rings. The molecular weight excluding hydrogens is 316 g/mol. The van der Waals surface area contributed by atoms with Crippen LogP contribution in [0.3, 0.4) is 0 Å². The van der Waals surface area contributed by atoms with E-state index in [1.54, 1.807) is 6.20 Å². The second-order valence-corrected chi connectivity index (χ2v) is 7.12. The number of hydrogen-bond donors (Lipinski definition) is 2. The summed E-state index contributed by atoms with van der Waals surface area (Å²) in [4.78, 5) is 14.6. The Labute approximate surface area is 148 Å². The Kier molecular flexibility index (Phi) is 5.11. The Morgan fingerprint density at radius 1 is 1.48 bits per heavy atom. The minimum atomic E-state index is 0.0240. The van der Waals surface area contributed by atoms with Crippen LogP contribution in [-0.2, 0) is 13.5 Å². The Bertz CT molecular complexity index is 720. The number of carbonyl (C=O) groups excluding carboxylic acids is 1. The molecule has 2 aromatic rings. The van der Waals surface area contributed by atoms with Gasteiger partial charge in [0.25, 0.3) is 0 Å². The van der Waals surface area contributed by atoms with Crippen molar-refractivity contribution < 1.29 is 4.79 Å². The maximum Gasteiger partial charge on any atom is 0.317 e. The van der Waals surface area contributed by atoms with Crippen molar-refractivity contribution in [2.24, 2.45) is 7.05 Å². The SMILES string of the molecule is Cc1nn(C)c(C)c1C[C@@H](C)NC(=O)N1CCC[C@@H](c2ccn[nH]2)C1. The molecule has 0 bridgehead atoms. The fourth-order valence-corrected chi connectivity index (χ4v) is 3.68. The van der Waals surface area contributed by atoms with Crippen LogP contribution in [0.25, 0.3) is 0 Å². The topological polar surface area (TPSA) is 78.8 Å². The quantitative estimate of drug-likeness (QED) is 0.893. The summed E-state index contributed by atoms with van der Waals surface area (Å²) in [5.74, 6) is 0.347. The summed E-state index contributed by atoms with van der Waals surface area (Å²) in [6, 6.07) is 2.10. The normalized spacial score (nSPS) is 19.0. The van der Waals surface area contributed by atoms with Crippen LogP contribution in [0.15, 0.2) is 12.3 Å². The number of nitrogens with one attached hydrogen (secondary N) is 2. The zero-order valence-electron chi connectivity index (χ0n) is 15.5. The van der Waals surface area contributed by atoms with Crippen molar-refractivity contribution in [3.8, 4) is 0 Å². The molecule has 0 spiro atoms. The van der Waals surface area contributed by atoms with Gasteiger partial charge in [-0.15, -0.1) is 0 Å². The summed E-state index contributed by atoms with van der Waals surface area (Å²) >= 11 is 0. The maximum atomic E-state index is 12.7. The molecule has 7 heteroatoms. The highest BCUT2D eigenvalue weighted by Crippen LogP contribution is 2.25. The third-order valence-electron chi connectivity index (χ3n) is 5.21. The van der Waals surface area contributed by atoms with E-state index in [-0.39, 0.29) is 12.1 Å². The molecule has 3 rings (SSSR count). The predicted molar refractivity (Wildman–Crippen MR) is 96.5 cm³/mol. The van der Waals surface area contributed by atoms with Gasteiger partial charge < -0.3 is 10.2 Å². The van der Waals surface area contributed by atoms with Crippen molar-refractivity contribution >= 4 is 6.03 Å². The van der Waals surface area contributed by atoms with Crippen molar-refractivity contribution in [1.29, 1.82) is 0 Å². The van der Waals surface area contributed by atoms with Crippen molar-refractivity contribution in [1.82, 2.24) is 30.2 Å². The number of likely N-dealkylation sites (tertiary alicyclic amines) is 1. The molecule has 1 aliphatic heterocycles. The Morgan fingerprint density at radius 3 is 2.92 bits per heavy atom. The summed E-state index contributed by atoms with van der Waals surface area (Å²) in [5.41, 5.74) is 4.55. The van der Waals surface area contributed by atoms with Crippen molar-refractivity contribution in [2.45, 2.75) is 52.0 Å².